The topological polar surface area (TPSA) is 61.2 Å². The Morgan fingerprint density at radius 2 is 2.33 bits per heavy atom. The summed E-state index contributed by atoms with van der Waals surface area (Å²) in [5, 5.41) is 0.809. The Bertz CT molecular complexity index is 582. The largest absolute Gasteiger partial charge is 0.493 e. The zero-order chi connectivity index (χ0) is 12.5. The second kappa shape index (κ2) is 4.34. The zero-order valence-corrected chi connectivity index (χ0v) is 9.84. The van der Waals surface area contributed by atoms with Crippen molar-refractivity contribution in [3.05, 3.63) is 30.0 Å². The standard InChI is InChI=1S/C13H12O5/c1-15-10-4-2-3-8-5-11(18-12(8)10)13(14)17-7-9-6-16-9/h2-5,9H,6-7H2,1H3/t9-/m0/s1. The van der Waals surface area contributed by atoms with Crippen molar-refractivity contribution >= 4 is 16.9 Å². The van der Waals surface area contributed by atoms with E-state index in [2.05, 4.69) is 0 Å². The number of carbonyl (C=O) groups excluding carboxylic acids is 1. The minimum absolute atomic E-state index is 0.0489. The van der Waals surface area contributed by atoms with Crippen LogP contribution in [-0.4, -0.2) is 32.4 Å². The molecule has 0 radical (unpaired) electrons. The number of benzene rings is 1. The summed E-state index contributed by atoms with van der Waals surface area (Å²) in [6.45, 7) is 0.925. The Morgan fingerprint density at radius 1 is 1.50 bits per heavy atom. The monoisotopic (exact) mass is 248 g/mol. The van der Waals surface area contributed by atoms with Gasteiger partial charge in [0.15, 0.2) is 11.3 Å². The lowest BCUT2D eigenvalue weighted by Gasteiger charge is -1.99. The Morgan fingerprint density at radius 3 is 3.06 bits per heavy atom. The summed E-state index contributed by atoms with van der Waals surface area (Å²) in [4.78, 5) is 11.7. The predicted octanol–water partition coefficient (Wildman–Crippen LogP) is 2.00. The van der Waals surface area contributed by atoms with Gasteiger partial charge in [0.2, 0.25) is 5.76 Å². The molecule has 1 atom stereocenters. The highest BCUT2D eigenvalue weighted by molar-refractivity contribution is 5.94. The van der Waals surface area contributed by atoms with Gasteiger partial charge in [-0.05, 0) is 12.1 Å². The first-order valence-corrected chi connectivity index (χ1v) is 5.63. The molecule has 1 aliphatic rings. The fourth-order valence-electron chi connectivity index (χ4n) is 1.70. The summed E-state index contributed by atoms with van der Waals surface area (Å²) in [5.41, 5.74) is 0.551. The third kappa shape index (κ3) is 2.04. The summed E-state index contributed by atoms with van der Waals surface area (Å²) < 4.78 is 20.6. The van der Waals surface area contributed by atoms with Gasteiger partial charge in [-0.1, -0.05) is 12.1 Å². The number of hydrogen-bond donors (Lipinski definition) is 0. The van der Waals surface area contributed by atoms with Gasteiger partial charge in [0.25, 0.3) is 0 Å². The van der Waals surface area contributed by atoms with Gasteiger partial charge < -0.3 is 18.6 Å². The van der Waals surface area contributed by atoms with Crippen LogP contribution in [0.4, 0.5) is 0 Å². The van der Waals surface area contributed by atoms with Crippen LogP contribution < -0.4 is 4.74 Å². The molecule has 0 bridgehead atoms. The Labute approximate surface area is 103 Å². The maximum atomic E-state index is 11.7. The highest BCUT2D eigenvalue weighted by atomic mass is 16.6. The third-order valence-electron chi connectivity index (χ3n) is 2.73. The van der Waals surface area contributed by atoms with E-state index in [9.17, 15) is 4.79 Å². The quantitative estimate of drug-likeness (QED) is 0.611. The van der Waals surface area contributed by atoms with Gasteiger partial charge in [-0.3, -0.25) is 0 Å². The number of carbonyl (C=O) groups is 1. The third-order valence-corrected chi connectivity index (χ3v) is 2.73. The van der Waals surface area contributed by atoms with Crippen LogP contribution >= 0.6 is 0 Å². The molecule has 0 amide bonds. The van der Waals surface area contributed by atoms with Crippen LogP contribution in [0, 0.1) is 0 Å². The van der Waals surface area contributed by atoms with E-state index < -0.39 is 5.97 Å². The molecule has 0 spiro atoms. The minimum atomic E-state index is -0.483. The molecule has 1 saturated heterocycles. The highest BCUT2D eigenvalue weighted by Gasteiger charge is 2.25. The first-order valence-electron chi connectivity index (χ1n) is 5.63. The minimum Gasteiger partial charge on any atom is -0.493 e. The summed E-state index contributed by atoms with van der Waals surface area (Å²) in [7, 11) is 1.56. The molecule has 0 N–H and O–H groups in total. The van der Waals surface area contributed by atoms with Crippen molar-refractivity contribution in [2.45, 2.75) is 6.10 Å². The Kier molecular flexibility index (Phi) is 2.68. The number of epoxide rings is 1. The summed E-state index contributed by atoms with van der Waals surface area (Å²) in [6, 6.07) is 7.11. The van der Waals surface area contributed by atoms with E-state index in [-0.39, 0.29) is 18.5 Å². The van der Waals surface area contributed by atoms with Crippen LogP contribution in [0.25, 0.3) is 11.0 Å². The van der Waals surface area contributed by atoms with Crippen molar-refractivity contribution in [1.29, 1.82) is 0 Å². The normalized spacial score (nSPS) is 17.7. The molecule has 3 rings (SSSR count). The molecule has 1 aromatic carbocycles. The Balaban J connectivity index is 1.85. The number of para-hydroxylation sites is 1. The molecule has 2 aromatic rings. The molecule has 5 nitrogen and oxygen atoms in total. The van der Waals surface area contributed by atoms with Gasteiger partial charge in [-0.25, -0.2) is 4.79 Å². The van der Waals surface area contributed by atoms with Crippen LogP contribution in [-0.2, 0) is 9.47 Å². The first kappa shape index (κ1) is 11.1. The van der Waals surface area contributed by atoms with Crippen LogP contribution in [0.3, 0.4) is 0 Å². The second-order valence-corrected chi connectivity index (χ2v) is 4.04. The average molecular weight is 248 g/mol. The van der Waals surface area contributed by atoms with Gasteiger partial charge in [0.1, 0.15) is 12.7 Å². The van der Waals surface area contributed by atoms with Gasteiger partial charge in [0.05, 0.1) is 13.7 Å². The van der Waals surface area contributed by atoms with E-state index in [0.717, 1.165) is 5.39 Å². The van der Waals surface area contributed by atoms with Crippen LogP contribution in [0.2, 0.25) is 0 Å². The Hall–Kier alpha value is -2.01. The van der Waals surface area contributed by atoms with Crippen molar-refractivity contribution in [1.82, 2.24) is 0 Å². The van der Waals surface area contributed by atoms with Gasteiger partial charge in [-0.15, -0.1) is 0 Å². The first-order chi connectivity index (χ1) is 8.78. The number of methoxy groups -OCH3 is 1. The molecule has 1 aliphatic heterocycles. The molecule has 0 unspecified atom stereocenters. The van der Waals surface area contributed by atoms with Crippen LogP contribution in [0.1, 0.15) is 10.6 Å². The molecule has 0 aliphatic carbocycles. The van der Waals surface area contributed by atoms with Crippen molar-refractivity contribution in [3.63, 3.8) is 0 Å². The fourth-order valence-corrected chi connectivity index (χ4v) is 1.70. The van der Waals surface area contributed by atoms with Crippen molar-refractivity contribution in [2.75, 3.05) is 20.3 Å². The van der Waals surface area contributed by atoms with E-state index in [1.165, 1.54) is 0 Å². The second-order valence-electron chi connectivity index (χ2n) is 4.04. The molecule has 5 heteroatoms. The number of hydrogen-bond acceptors (Lipinski definition) is 5. The number of rotatable bonds is 4. The molecular formula is C13H12O5. The van der Waals surface area contributed by atoms with E-state index in [0.29, 0.717) is 17.9 Å². The van der Waals surface area contributed by atoms with Gasteiger partial charge in [-0.2, -0.15) is 0 Å². The smallest absolute Gasteiger partial charge is 0.374 e. The van der Waals surface area contributed by atoms with Crippen LogP contribution in [0.5, 0.6) is 5.75 Å². The van der Waals surface area contributed by atoms with Crippen LogP contribution in [0.15, 0.2) is 28.7 Å². The summed E-state index contributed by atoms with van der Waals surface area (Å²) in [5.74, 6) is 0.288. The fraction of sp³-hybridized carbons (Fsp3) is 0.308. The SMILES string of the molecule is COc1cccc2cc(C(=O)OC[C@@H]3CO3)oc12. The lowest BCUT2D eigenvalue weighted by Crippen LogP contribution is -2.09. The highest BCUT2D eigenvalue weighted by Crippen LogP contribution is 2.28. The average Bonchev–Trinajstić information content (AvgIpc) is 3.11. The van der Waals surface area contributed by atoms with Gasteiger partial charge >= 0.3 is 5.97 Å². The molecule has 1 aromatic heterocycles. The van der Waals surface area contributed by atoms with E-state index in [1.807, 2.05) is 12.1 Å². The molecule has 1 fully saturated rings. The van der Waals surface area contributed by atoms with Gasteiger partial charge in [0, 0.05) is 5.39 Å². The maximum absolute atomic E-state index is 11.7. The lowest BCUT2D eigenvalue weighted by molar-refractivity contribution is 0.0443. The molecule has 94 valence electrons. The number of fused-ring (bicyclic) bond motifs is 1. The molecule has 2 heterocycles. The lowest BCUT2D eigenvalue weighted by atomic mass is 10.2. The summed E-state index contributed by atoms with van der Waals surface area (Å²) >= 11 is 0. The van der Waals surface area contributed by atoms with E-state index >= 15 is 0 Å². The van der Waals surface area contributed by atoms with E-state index in [4.69, 9.17) is 18.6 Å². The van der Waals surface area contributed by atoms with Crippen molar-refractivity contribution in [2.24, 2.45) is 0 Å². The number of furan rings is 1. The zero-order valence-electron chi connectivity index (χ0n) is 9.84. The van der Waals surface area contributed by atoms with E-state index in [1.54, 1.807) is 19.2 Å². The number of esters is 1. The number of ether oxygens (including phenoxy) is 3. The molecular weight excluding hydrogens is 236 g/mol. The van der Waals surface area contributed by atoms with Crippen molar-refractivity contribution in [3.8, 4) is 5.75 Å². The van der Waals surface area contributed by atoms with Crippen molar-refractivity contribution < 1.29 is 23.4 Å². The summed E-state index contributed by atoms with van der Waals surface area (Å²) in [6.07, 6.45) is 0.0489. The molecule has 18 heavy (non-hydrogen) atoms. The maximum Gasteiger partial charge on any atom is 0.374 e. The predicted molar refractivity (Wildman–Crippen MR) is 62.8 cm³/mol. The molecule has 0 saturated carbocycles.